The van der Waals surface area contributed by atoms with Crippen LogP contribution in [0.2, 0.25) is 0 Å². The molecule has 3 rings (SSSR count). The molecular formula is C15H18N2OS. The third-order valence-electron chi connectivity index (χ3n) is 3.26. The number of ether oxygens (including phenoxy) is 1. The highest BCUT2D eigenvalue weighted by molar-refractivity contribution is 7.11. The minimum absolute atomic E-state index is 0.757. The van der Waals surface area contributed by atoms with Crippen LogP contribution in [0.5, 0.6) is 5.75 Å². The highest BCUT2D eigenvalue weighted by Crippen LogP contribution is 2.22. The Morgan fingerprint density at radius 2 is 2.11 bits per heavy atom. The van der Waals surface area contributed by atoms with Crippen LogP contribution in [-0.4, -0.2) is 18.1 Å². The second-order valence-corrected chi connectivity index (χ2v) is 6.10. The Hall–Kier alpha value is -1.39. The Bertz CT molecular complexity index is 531. The third-order valence-corrected chi connectivity index (χ3v) is 4.26. The molecule has 0 radical (unpaired) electrons. The Balaban J connectivity index is 1.58. The van der Waals surface area contributed by atoms with Gasteiger partial charge >= 0.3 is 0 Å². The van der Waals surface area contributed by atoms with Crippen molar-refractivity contribution in [1.82, 2.24) is 10.3 Å². The topological polar surface area (TPSA) is 34.1 Å². The van der Waals surface area contributed by atoms with Crippen LogP contribution in [0.25, 0.3) is 0 Å². The summed E-state index contributed by atoms with van der Waals surface area (Å²) in [6.45, 7) is 0.963. The fourth-order valence-corrected chi connectivity index (χ4v) is 2.87. The van der Waals surface area contributed by atoms with E-state index in [0.29, 0.717) is 0 Å². The third kappa shape index (κ3) is 3.55. The molecule has 100 valence electrons. The van der Waals surface area contributed by atoms with Crippen molar-refractivity contribution in [3.8, 4) is 5.75 Å². The largest absolute Gasteiger partial charge is 0.497 e. The van der Waals surface area contributed by atoms with Crippen LogP contribution in [0, 0.1) is 0 Å². The van der Waals surface area contributed by atoms with Crippen molar-refractivity contribution in [2.45, 2.75) is 31.8 Å². The summed E-state index contributed by atoms with van der Waals surface area (Å²) in [5, 5.41) is 4.70. The summed E-state index contributed by atoms with van der Waals surface area (Å²) in [5.74, 6) is 0.900. The molecule has 2 aromatic rings. The van der Waals surface area contributed by atoms with E-state index in [-0.39, 0.29) is 0 Å². The molecule has 0 saturated heterocycles. The van der Waals surface area contributed by atoms with Crippen molar-refractivity contribution in [2.24, 2.45) is 0 Å². The molecule has 0 amide bonds. The van der Waals surface area contributed by atoms with E-state index < -0.39 is 0 Å². The van der Waals surface area contributed by atoms with Gasteiger partial charge in [-0.25, -0.2) is 4.98 Å². The molecule has 19 heavy (non-hydrogen) atoms. The first-order valence-electron chi connectivity index (χ1n) is 6.63. The quantitative estimate of drug-likeness (QED) is 0.879. The number of benzene rings is 1. The van der Waals surface area contributed by atoms with Crippen molar-refractivity contribution in [3.05, 3.63) is 45.9 Å². The molecule has 0 bridgehead atoms. The van der Waals surface area contributed by atoms with Gasteiger partial charge < -0.3 is 10.1 Å². The van der Waals surface area contributed by atoms with Crippen molar-refractivity contribution >= 4 is 11.3 Å². The summed E-state index contributed by atoms with van der Waals surface area (Å²) in [7, 11) is 1.69. The number of hydrogen-bond acceptors (Lipinski definition) is 4. The van der Waals surface area contributed by atoms with Gasteiger partial charge in [-0.15, -0.1) is 11.3 Å². The minimum Gasteiger partial charge on any atom is -0.497 e. The summed E-state index contributed by atoms with van der Waals surface area (Å²) in [6, 6.07) is 8.95. The smallest absolute Gasteiger partial charge is 0.118 e. The number of aromatic nitrogens is 1. The van der Waals surface area contributed by atoms with Crippen LogP contribution in [0.15, 0.2) is 30.5 Å². The Morgan fingerprint density at radius 1 is 1.32 bits per heavy atom. The normalized spacial score (nSPS) is 14.6. The van der Waals surface area contributed by atoms with E-state index in [1.807, 2.05) is 18.3 Å². The predicted octanol–water partition coefficient (Wildman–Crippen LogP) is 2.99. The number of nitrogens with zero attached hydrogens (tertiary/aromatic N) is 1. The van der Waals surface area contributed by atoms with Gasteiger partial charge in [-0.3, -0.25) is 0 Å². The maximum Gasteiger partial charge on any atom is 0.118 e. The van der Waals surface area contributed by atoms with Crippen LogP contribution in [0.4, 0.5) is 0 Å². The molecule has 1 aliphatic carbocycles. The van der Waals surface area contributed by atoms with Crippen molar-refractivity contribution < 1.29 is 4.74 Å². The zero-order chi connectivity index (χ0) is 13.1. The van der Waals surface area contributed by atoms with E-state index >= 15 is 0 Å². The first-order valence-corrected chi connectivity index (χ1v) is 7.45. The van der Waals surface area contributed by atoms with Crippen molar-refractivity contribution in [3.63, 3.8) is 0 Å². The maximum atomic E-state index is 5.16. The monoisotopic (exact) mass is 274 g/mol. The lowest BCUT2D eigenvalue weighted by molar-refractivity contribution is 0.414. The molecular weight excluding hydrogens is 256 g/mol. The molecule has 1 aliphatic rings. The fraction of sp³-hybridized carbons (Fsp3) is 0.400. The van der Waals surface area contributed by atoms with Gasteiger partial charge in [0, 0.05) is 30.1 Å². The molecule has 1 fully saturated rings. The molecule has 1 aromatic heterocycles. The van der Waals surface area contributed by atoms with E-state index in [1.165, 1.54) is 28.3 Å². The van der Waals surface area contributed by atoms with Gasteiger partial charge in [0.1, 0.15) is 5.75 Å². The highest BCUT2D eigenvalue weighted by Gasteiger charge is 2.20. The highest BCUT2D eigenvalue weighted by atomic mass is 32.1. The van der Waals surface area contributed by atoms with Gasteiger partial charge in [0.2, 0.25) is 0 Å². The average molecular weight is 274 g/mol. The number of rotatable bonds is 6. The Kier molecular flexibility index (Phi) is 3.80. The molecule has 0 spiro atoms. The minimum atomic E-state index is 0.757. The first-order chi connectivity index (χ1) is 9.33. The summed E-state index contributed by atoms with van der Waals surface area (Å²) < 4.78 is 5.16. The first kappa shape index (κ1) is 12.6. The van der Waals surface area contributed by atoms with Gasteiger partial charge in [0.15, 0.2) is 0 Å². The Morgan fingerprint density at radius 3 is 2.79 bits per heavy atom. The second kappa shape index (κ2) is 5.72. The maximum absolute atomic E-state index is 5.16. The standard InChI is InChI=1S/C15H18N2OS/c1-18-13-6-2-11(3-7-13)8-15-17-10-14(19-15)9-16-12-4-5-12/h2-3,6-7,10,12,16H,4-5,8-9H2,1H3. The molecule has 3 nitrogen and oxygen atoms in total. The molecule has 1 aromatic carbocycles. The van der Waals surface area contributed by atoms with Crippen LogP contribution in [-0.2, 0) is 13.0 Å². The molecule has 4 heteroatoms. The van der Waals surface area contributed by atoms with Crippen LogP contribution >= 0.6 is 11.3 Å². The van der Waals surface area contributed by atoms with E-state index in [4.69, 9.17) is 4.74 Å². The number of thiazole rings is 1. The number of nitrogens with one attached hydrogen (secondary N) is 1. The van der Waals surface area contributed by atoms with Gasteiger partial charge in [-0.05, 0) is 30.5 Å². The second-order valence-electron chi connectivity index (χ2n) is 4.90. The van der Waals surface area contributed by atoms with Gasteiger partial charge in [0.05, 0.1) is 12.1 Å². The summed E-state index contributed by atoms with van der Waals surface area (Å²) in [4.78, 5) is 5.83. The number of methoxy groups -OCH3 is 1. The molecule has 1 N–H and O–H groups in total. The zero-order valence-electron chi connectivity index (χ0n) is 11.1. The van der Waals surface area contributed by atoms with Crippen LogP contribution < -0.4 is 10.1 Å². The van der Waals surface area contributed by atoms with Crippen molar-refractivity contribution in [2.75, 3.05) is 7.11 Å². The lowest BCUT2D eigenvalue weighted by Crippen LogP contribution is -2.14. The average Bonchev–Trinajstić information content (AvgIpc) is 3.17. The van der Waals surface area contributed by atoms with E-state index in [0.717, 1.165) is 24.8 Å². The molecule has 0 unspecified atom stereocenters. The Labute approximate surface area is 117 Å². The van der Waals surface area contributed by atoms with Gasteiger partial charge in [-0.1, -0.05) is 12.1 Å². The van der Waals surface area contributed by atoms with E-state index in [9.17, 15) is 0 Å². The summed E-state index contributed by atoms with van der Waals surface area (Å²) in [5.41, 5.74) is 1.27. The number of hydrogen-bond donors (Lipinski definition) is 1. The molecule has 0 atom stereocenters. The zero-order valence-corrected chi connectivity index (χ0v) is 11.9. The lowest BCUT2D eigenvalue weighted by Gasteiger charge is -2.01. The van der Waals surface area contributed by atoms with Gasteiger partial charge in [0.25, 0.3) is 0 Å². The lowest BCUT2D eigenvalue weighted by atomic mass is 10.1. The van der Waals surface area contributed by atoms with Crippen LogP contribution in [0.1, 0.15) is 28.3 Å². The van der Waals surface area contributed by atoms with Crippen molar-refractivity contribution in [1.29, 1.82) is 0 Å². The molecule has 1 saturated carbocycles. The molecule has 0 aliphatic heterocycles. The van der Waals surface area contributed by atoms with E-state index in [2.05, 4.69) is 22.4 Å². The molecule has 1 heterocycles. The van der Waals surface area contributed by atoms with Gasteiger partial charge in [-0.2, -0.15) is 0 Å². The van der Waals surface area contributed by atoms with Crippen LogP contribution in [0.3, 0.4) is 0 Å². The SMILES string of the molecule is COc1ccc(Cc2ncc(CNC3CC3)s2)cc1. The summed E-state index contributed by atoms with van der Waals surface area (Å²) >= 11 is 1.80. The van der Waals surface area contributed by atoms with E-state index in [1.54, 1.807) is 18.4 Å². The summed E-state index contributed by atoms with van der Waals surface area (Å²) in [6.07, 6.45) is 5.56. The fourth-order valence-electron chi connectivity index (χ4n) is 1.96. The predicted molar refractivity (Wildman–Crippen MR) is 77.8 cm³/mol.